The molecule has 0 aromatic carbocycles. The van der Waals surface area contributed by atoms with E-state index in [2.05, 4.69) is 35.9 Å². The second-order valence-corrected chi connectivity index (χ2v) is 12.6. The molecule has 5 fully saturated rings. The van der Waals surface area contributed by atoms with Crippen LogP contribution in [0.1, 0.15) is 78.1 Å². The quantitative estimate of drug-likeness (QED) is 0.503. The number of hydrogen-bond donors (Lipinski definition) is 3. The lowest BCUT2D eigenvalue weighted by molar-refractivity contribution is -0.142. The molecular formula is C28H41N5O5. The van der Waals surface area contributed by atoms with Crippen LogP contribution < -0.4 is 16.0 Å². The van der Waals surface area contributed by atoms with Crippen LogP contribution in [0.15, 0.2) is 0 Å². The largest absolute Gasteiger partial charge is 0.446 e. The lowest BCUT2D eigenvalue weighted by atomic mass is 9.78. The van der Waals surface area contributed by atoms with Gasteiger partial charge in [0.15, 0.2) is 0 Å². The number of carbonyl (C=O) groups is 4. The second-order valence-electron chi connectivity index (χ2n) is 12.6. The smallest absolute Gasteiger partial charge is 0.408 e. The van der Waals surface area contributed by atoms with E-state index < -0.39 is 24.2 Å². The number of nitrogens with one attached hydrogen (secondary N) is 3. The number of alkyl carbamates (subject to hydrolysis) is 1. The Bertz CT molecular complexity index is 1000. The average molecular weight is 528 g/mol. The van der Waals surface area contributed by atoms with Gasteiger partial charge in [0.05, 0.1) is 6.07 Å². The van der Waals surface area contributed by atoms with Crippen LogP contribution in [-0.4, -0.2) is 66.0 Å². The topological polar surface area (TPSA) is 141 Å². The first-order chi connectivity index (χ1) is 18.2. The Kier molecular flexibility index (Phi) is 7.56. The van der Waals surface area contributed by atoms with Crippen LogP contribution in [-0.2, 0) is 19.1 Å². The highest BCUT2D eigenvalue weighted by Crippen LogP contribution is 2.65. The van der Waals surface area contributed by atoms with E-state index in [9.17, 15) is 24.4 Å². The first kappa shape index (κ1) is 26.8. The molecule has 2 saturated carbocycles. The predicted molar refractivity (Wildman–Crippen MR) is 137 cm³/mol. The summed E-state index contributed by atoms with van der Waals surface area (Å²) >= 11 is 0. The van der Waals surface area contributed by atoms with Crippen LogP contribution >= 0.6 is 0 Å². The highest BCUT2D eigenvalue weighted by Gasteiger charge is 2.69. The van der Waals surface area contributed by atoms with Crippen LogP contribution in [0.4, 0.5) is 4.79 Å². The van der Waals surface area contributed by atoms with Crippen molar-refractivity contribution >= 4 is 23.8 Å². The van der Waals surface area contributed by atoms with E-state index in [-0.39, 0.29) is 59.3 Å². The maximum Gasteiger partial charge on any atom is 0.408 e. The lowest BCUT2D eigenvalue weighted by Gasteiger charge is -2.35. The summed E-state index contributed by atoms with van der Waals surface area (Å²) in [6.45, 7) is 5.27. The van der Waals surface area contributed by atoms with E-state index >= 15 is 0 Å². The SMILES string of the molecule is CC1(C)[C@@H]2[C@H]3C(=O)N[C@H](C#N)C[C@@H]4C(=O)NCC[C@@H]4CCCC[C@H](NC(=O)OC4CCCC4)C(=O)N3C[C@@H]21. The molecule has 2 aliphatic carbocycles. The highest BCUT2D eigenvalue weighted by molar-refractivity contribution is 5.93. The molecule has 0 aromatic heterocycles. The van der Waals surface area contributed by atoms with Gasteiger partial charge in [-0.05, 0) is 74.5 Å². The zero-order valence-corrected chi connectivity index (χ0v) is 22.5. The normalized spacial score (nSPS) is 37.4. The van der Waals surface area contributed by atoms with Gasteiger partial charge in [0.25, 0.3) is 0 Å². The molecule has 10 nitrogen and oxygen atoms in total. The summed E-state index contributed by atoms with van der Waals surface area (Å²) in [6.07, 6.45) is 6.92. The van der Waals surface area contributed by atoms with Gasteiger partial charge in [-0.2, -0.15) is 5.26 Å². The molecule has 3 saturated heterocycles. The van der Waals surface area contributed by atoms with Crippen molar-refractivity contribution in [1.29, 1.82) is 5.26 Å². The van der Waals surface area contributed by atoms with Crippen molar-refractivity contribution in [1.82, 2.24) is 20.9 Å². The highest BCUT2D eigenvalue weighted by atomic mass is 16.6. The maximum absolute atomic E-state index is 13.9. The molecule has 0 bridgehead atoms. The van der Waals surface area contributed by atoms with Crippen LogP contribution in [0, 0.1) is 40.4 Å². The number of fused-ring (bicyclic) bond motifs is 4. The molecule has 7 atom stereocenters. The molecule has 3 N–H and O–H groups in total. The summed E-state index contributed by atoms with van der Waals surface area (Å²) in [7, 11) is 0. The van der Waals surface area contributed by atoms with Crippen molar-refractivity contribution < 1.29 is 23.9 Å². The van der Waals surface area contributed by atoms with Gasteiger partial charge in [-0.3, -0.25) is 14.4 Å². The lowest BCUT2D eigenvalue weighted by Crippen LogP contribution is -2.57. The summed E-state index contributed by atoms with van der Waals surface area (Å²) in [5.41, 5.74) is -0.0783. The Morgan fingerprint density at radius 1 is 1.05 bits per heavy atom. The fraction of sp³-hybridized carbons (Fsp3) is 0.821. The Labute approximate surface area is 224 Å². The Morgan fingerprint density at radius 2 is 1.76 bits per heavy atom. The van der Waals surface area contributed by atoms with Gasteiger partial charge in [-0.15, -0.1) is 0 Å². The minimum atomic E-state index is -0.810. The van der Waals surface area contributed by atoms with Crippen molar-refractivity contribution in [3.63, 3.8) is 0 Å². The number of nitriles is 1. The molecule has 3 aliphatic heterocycles. The number of amides is 4. The van der Waals surface area contributed by atoms with Crippen molar-refractivity contribution in [3.8, 4) is 6.07 Å². The minimum Gasteiger partial charge on any atom is -0.446 e. The van der Waals surface area contributed by atoms with Crippen LogP contribution in [0.5, 0.6) is 0 Å². The fourth-order valence-corrected chi connectivity index (χ4v) is 7.59. The fourth-order valence-electron chi connectivity index (χ4n) is 7.59. The maximum atomic E-state index is 13.9. The van der Waals surface area contributed by atoms with Crippen molar-refractivity contribution in [2.45, 2.75) is 102 Å². The Hall–Kier alpha value is -2.83. The monoisotopic (exact) mass is 527 g/mol. The summed E-state index contributed by atoms with van der Waals surface area (Å²) < 4.78 is 5.60. The number of carbonyl (C=O) groups excluding carboxylic acids is 4. The zero-order chi connectivity index (χ0) is 27.0. The summed E-state index contributed by atoms with van der Waals surface area (Å²) in [6, 6.07) is -0.101. The third kappa shape index (κ3) is 5.21. The van der Waals surface area contributed by atoms with E-state index in [1.54, 1.807) is 4.90 Å². The van der Waals surface area contributed by atoms with Gasteiger partial charge < -0.3 is 25.6 Å². The number of hydrogen-bond acceptors (Lipinski definition) is 6. The van der Waals surface area contributed by atoms with Gasteiger partial charge in [-0.1, -0.05) is 26.7 Å². The molecule has 208 valence electrons. The summed E-state index contributed by atoms with van der Waals surface area (Å²) in [4.78, 5) is 54.6. The molecule has 3 heterocycles. The first-order valence-electron chi connectivity index (χ1n) is 14.5. The van der Waals surface area contributed by atoms with Gasteiger partial charge >= 0.3 is 6.09 Å². The summed E-state index contributed by atoms with van der Waals surface area (Å²) in [5.74, 6) is -0.689. The Morgan fingerprint density at radius 3 is 2.50 bits per heavy atom. The second kappa shape index (κ2) is 10.7. The average Bonchev–Trinajstić information content (AvgIpc) is 3.31. The van der Waals surface area contributed by atoms with Crippen molar-refractivity contribution in [2.75, 3.05) is 13.1 Å². The molecule has 0 aromatic rings. The molecule has 0 spiro atoms. The third-order valence-electron chi connectivity index (χ3n) is 9.93. The van der Waals surface area contributed by atoms with Gasteiger partial charge in [0.1, 0.15) is 24.2 Å². The molecule has 0 unspecified atom stereocenters. The van der Waals surface area contributed by atoms with E-state index in [1.165, 1.54) is 0 Å². The molecular weight excluding hydrogens is 486 g/mol. The van der Waals surface area contributed by atoms with Gasteiger partial charge in [0, 0.05) is 19.0 Å². The van der Waals surface area contributed by atoms with E-state index in [0.29, 0.717) is 25.9 Å². The number of nitrogens with zero attached hydrogens (tertiary/aromatic N) is 2. The molecule has 38 heavy (non-hydrogen) atoms. The zero-order valence-electron chi connectivity index (χ0n) is 22.5. The predicted octanol–water partition coefficient (Wildman–Crippen LogP) is 2.23. The van der Waals surface area contributed by atoms with Gasteiger partial charge in [-0.25, -0.2) is 4.79 Å². The third-order valence-corrected chi connectivity index (χ3v) is 9.93. The number of rotatable bonds is 2. The summed E-state index contributed by atoms with van der Waals surface area (Å²) in [5, 5.41) is 18.5. The van der Waals surface area contributed by atoms with E-state index in [0.717, 1.165) is 44.9 Å². The van der Waals surface area contributed by atoms with Crippen LogP contribution in [0.3, 0.4) is 0 Å². The molecule has 4 amide bonds. The van der Waals surface area contributed by atoms with Crippen LogP contribution in [0.25, 0.3) is 0 Å². The standard InChI is InChI=1S/C28H41N5O5/c1-28(2)20-15-33-23(22(20)28)25(35)31-17(14-29)13-19-16(11-12-30-24(19)34)7-3-6-10-21(26(33)36)32-27(37)38-18-8-4-5-9-18/h16-23H,3-13,15H2,1-2H3,(H,30,34)(H,31,35)(H,32,37)/t16-,17-,19-,20-,21-,22-,23-/m0/s1. The first-order valence-corrected chi connectivity index (χ1v) is 14.5. The van der Waals surface area contributed by atoms with Crippen molar-refractivity contribution in [2.24, 2.45) is 29.1 Å². The molecule has 0 radical (unpaired) electrons. The molecule has 5 rings (SSSR count). The van der Waals surface area contributed by atoms with E-state index in [1.807, 2.05) is 0 Å². The number of ether oxygens (including phenoxy) is 1. The van der Waals surface area contributed by atoms with Crippen molar-refractivity contribution in [3.05, 3.63) is 0 Å². The Balaban J connectivity index is 1.38. The van der Waals surface area contributed by atoms with Crippen LogP contribution in [0.2, 0.25) is 0 Å². The molecule has 10 heteroatoms. The molecule has 5 aliphatic rings. The number of piperidine rings is 2. The van der Waals surface area contributed by atoms with Gasteiger partial charge in [0.2, 0.25) is 17.7 Å². The van der Waals surface area contributed by atoms with E-state index in [4.69, 9.17) is 4.74 Å². The minimum absolute atomic E-state index is 0.00415.